The molecule has 0 saturated heterocycles. The molecule has 1 fully saturated rings. The molecule has 1 N–H and O–H groups in total. The van der Waals surface area contributed by atoms with Gasteiger partial charge >= 0.3 is 0 Å². The highest BCUT2D eigenvalue weighted by Crippen LogP contribution is 2.48. The Morgan fingerprint density at radius 3 is 2.46 bits per heavy atom. The fourth-order valence-corrected chi connectivity index (χ4v) is 4.20. The quantitative estimate of drug-likeness (QED) is 0.740. The molecular formula is C23H26F3NO. The van der Waals surface area contributed by atoms with E-state index in [2.05, 4.69) is 0 Å². The maximum atomic E-state index is 15.1. The lowest BCUT2D eigenvalue weighted by Crippen LogP contribution is -2.45. The lowest BCUT2D eigenvalue weighted by atomic mass is 9.67. The predicted molar refractivity (Wildman–Crippen MR) is 105 cm³/mol. The molecule has 2 aromatic carbocycles. The van der Waals surface area contributed by atoms with E-state index in [0.717, 1.165) is 18.1 Å². The predicted octanol–water partition coefficient (Wildman–Crippen LogP) is 5.05. The highest BCUT2D eigenvalue weighted by Gasteiger charge is 2.46. The molecular weight excluding hydrogens is 363 g/mol. The van der Waals surface area contributed by atoms with E-state index >= 15 is 4.39 Å². The van der Waals surface area contributed by atoms with Crippen molar-refractivity contribution in [2.45, 2.75) is 31.8 Å². The number of hydrogen-bond donors (Lipinski definition) is 1. The van der Waals surface area contributed by atoms with E-state index in [0.29, 0.717) is 25.0 Å². The molecule has 0 radical (unpaired) electrons. The molecule has 1 saturated carbocycles. The summed E-state index contributed by atoms with van der Waals surface area (Å²) in [5.41, 5.74) is -0.793. The zero-order chi connectivity index (χ0) is 20.5. The van der Waals surface area contributed by atoms with E-state index in [9.17, 15) is 13.9 Å². The molecule has 0 aromatic heterocycles. The Morgan fingerprint density at radius 1 is 1.14 bits per heavy atom. The van der Waals surface area contributed by atoms with Gasteiger partial charge in [0.2, 0.25) is 0 Å². The summed E-state index contributed by atoms with van der Waals surface area (Å²) in [5, 5.41) is 11.9. The Kier molecular flexibility index (Phi) is 5.96. The number of aliphatic hydroxyl groups is 1. The zero-order valence-electron chi connectivity index (χ0n) is 16.5. The van der Waals surface area contributed by atoms with E-state index in [4.69, 9.17) is 0 Å². The third-order valence-corrected chi connectivity index (χ3v) is 5.59. The summed E-state index contributed by atoms with van der Waals surface area (Å²) in [6, 6.07) is 10.3. The third kappa shape index (κ3) is 3.74. The average molecular weight is 389 g/mol. The molecule has 0 heterocycles. The van der Waals surface area contributed by atoms with Crippen LogP contribution >= 0.6 is 0 Å². The maximum absolute atomic E-state index is 15.1. The van der Waals surface area contributed by atoms with E-state index in [1.807, 2.05) is 55.4 Å². The van der Waals surface area contributed by atoms with Crippen LogP contribution in [-0.4, -0.2) is 30.6 Å². The van der Waals surface area contributed by atoms with E-state index in [-0.39, 0.29) is 11.5 Å². The molecule has 3 rings (SSSR count). The van der Waals surface area contributed by atoms with Gasteiger partial charge in [-0.05, 0) is 57.5 Å². The molecule has 5 heteroatoms. The molecule has 0 aliphatic heterocycles. The van der Waals surface area contributed by atoms with Crippen LogP contribution < -0.4 is 0 Å². The molecule has 1 aliphatic rings. The smallest absolute Gasteiger partial charge is 0.164 e. The van der Waals surface area contributed by atoms with Crippen LogP contribution in [0, 0.1) is 30.3 Å². The monoisotopic (exact) mass is 389 g/mol. The third-order valence-electron chi connectivity index (χ3n) is 5.59. The van der Waals surface area contributed by atoms with Crippen LogP contribution in [0.5, 0.6) is 0 Å². The topological polar surface area (TPSA) is 23.5 Å². The lowest BCUT2D eigenvalue weighted by Gasteiger charge is -2.44. The summed E-state index contributed by atoms with van der Waals surface area (Å²) in [6.45, 7) is 1.70. The van der Waals surface area contributed by atoms with Crippen molar-refractivity contribution in [1.29, 1.82) is 0 Å². The molecule has 0 spiro atoms. The fourth-order valence-electron chi connectivity index (χ4n) is 4.20. The zero-order valence-corrected chi connectivity index (χ0v) is 16.5. The maximum Gasteiger partial charge on any atom is 0.164 e. The summed E-state index contributed by atoms with van der Waals surface area (Å²) in [7, 11) is 3.75. The molecule has 0 amide bonds. The van der Waals surface area contributed by atoms with Gasteiger partial charge in [0, 0.05) is 23.6 Å². The van der Waals surface area contributed by atoms with Crippen LogP contribution in [0.25, 0.3) is 6.08 Å². The first-order chi connectivity index (χ1) is 13.2. The average Bonchev–Trinajstić information content (AvgIpc) is 2.66. The number of nitrogens with zero attached hydrogens (tertiary/aromatic N) is 1. The van der Waals surface area contributed by atoms with Crippen LogP contribution in [0.4, 0.5) is 13.2 Å². The summed E-state index contributed by atoms with van der Waals surface area (Å²) in [6.07, 6.45) is 3.91. The Bertz CT molecular complexity index is 879. The molecule has 1 aliphatic carbocycles. The van der Waals surface area contributed by atoms with Crippen LogP contribution in [0.3, 0.4) is 0 Å². The van der Waals surface area contributed by atoms with Gasteiger partial charge in [0.05, 0.1) is 0 Å². The van der Waals surface area contributed by atoms with Gasteiger partial charge in [-0.1, -0.05) is 36.4 Å². The van der Waals surface area contributed by atoms with Crippen molar-refractivity contribution in [2.75, 3.05) is 20.6 Å². The molecule has 28 heavy (non-hydrogen) atoms. The van der Waals surface area contributed by atoms with Crippen LogP contribution in [0.1, 0.15) is 36.0 Å². The summed E-state index contributed by atoms with van der Waals surface area (Å²) in [4.78, 5) is 1.92. The minimum absolute atomic E-state index is 0.183. The molecule has 0 bridgehead atoms. The normalized spacial score (nSPS) is 24.1. The van der Waals surface area contributed by atoms with Gasteiger partial charge in [0.15, 0.2) is 11.6 Å². The Balaban J connectivity index is 2.22. The van der Waals surface area contributed by atoms with E-state index < -0.39 is 28.6 Å². The van der Waals surface area contributed by atoms with Crippen molar-refractivity contribution >= 4 is 6.08 Å². The number of benzene rings is 2. The molecule has 2 atom stereocenters. The van der Waals surface area contributed by atoms with Gasteiger partial charge in [0.1, 0.15) is 11.4 Å². The van der Waals surface area contributed by atoms with Crippen molar-refractivity contribution in [3.63, 3.8) is 0 Å². The molecule has 2 aromatic rings. The SMILES string of the molecule is Cc1c(F)c(F)cc(C2(O)C(=Cc3ccccc3)CCCC2CN(C)C)c1F. The van der Waals surface area contributed by atoms with Crippen LogP contribution in [-0.2, 0) is 5.60 Å². The van der Waals surface area contributed by atoms with Gasteiger partial charge < -0.3 is 10.0 Å². The Morgan fingerprint density at radius 2 is 1.82 bits per heavy atom. The van der Waals surface area contributed by atoms with Gasteiger partial charge in [-0.2, -0.15) is 0 Å². The molecule has 150 valence electrons. The summed E-state index contributed by atoms with van der Waals surface area (Å²) < 4.78 is 43.2. The van der Waals surface area contributed by atoms with Crippen molar-refractivity contribution in [3.8, 4) is 0 Å². The fraction of sp³-hybridized carbons (Fsp3) is 0.391. The van der Waals surface area contributed by atoms with Gasteiger partial charge in [-0.25, -0.2) is 13.2 Å². The van der Waals surface area contributed by atoms with E-state index in [1.165, 1.54) is 6.92 Å². The van der Waals surface area contributed by atoms with Crippen molar-refractivity contribution < 1.29 is 18.3 Å². The van der Waals surface area contributed by atoms with Crippen LogP contribution in [0.2, 0.25) is 0 Å². The van der Waals surface area contributed by atoms with E-state index in [1.54, 1.807) is 0 Å². The van der Waals surface area contributed by atoms with Crippen molar-refractivity contribution in [2.24, 2.45) is 5.92 Å². The highest BCUT2D eigenvalue weighted by molar-refractivity contribution is 5.57. The minimum atomic E-state index is -1.71. The minimum Gasteiger partial charge on any atom is -0.380 e. The lowest BCUT2D eigenvalue weighted by molar-refractivity contribution is -0.0205. The van der Waals surface area contributed by atoms with Gasteiger partial charge in [0.25, 0.3) is 0 Å². The Hall–Kier alpha value is -2.11. The first-order valence-corrected chi connectivity index (χ1v) is 9.53. The number of rotatable bonds is 4. The largest absolute Gasteiger partial charge is 0.380 e. The van der Waals surface area contributed by atoms with Crippen LogP contribution in [0.15, 0.2) is 42.0 Å². The van der Waals surface area contributed by atoms with Gasteiger partial charge in [-0.3, -0.25) is 0 Å². The second-order valence-electron chi connectivity index (χ2n) is 7.86. The first kappa shape index (κ1) is 20.6. The second kappa shape index (κ2) is 8.10. The standard InChI is InChI=1S/C23H26F3NO/c1-15-21(25)19(13-20(24)22(15)26)23(28)17(12-16-8-5-4-6-9-16)10-7-11-18(23)14-27(2)3/h4-6,8-9,12-13,18,28H,7,10-11,14H2,1-3H3. The van der Waals surface area contributed by atoms with Crippen molar-refractivity contribution in [3.05, 3.63) is 76.1 Å². The Labute approximate surface area is 164 Å². The van der Waals surface area contributed by atoms with Gasteiger partial charge in [-0.15, -0.1) is 0 Å². The van der Waals surface area contributed by atoms with Crippen molar-refractivity contribution in [1.82, 2.24) is 4.90 Å². The number of hydrogen-bond acceptors (Lipinski definition) is 2. The summed E-state index contributed by atoms with van der Waals surface area (Å²) in [5.74, 6) is -3.58. The highest BCUT2D eigenvalue weighted by atomic mass is 19.2. The first-order valence-electron chi connectivity index (χ1n) is 9.53. The number of halogens is 3. The molecule has 2 nitrogen and oxygen atoms in total. The second-order valence-corrected chi connectivity index (χ2v) is 7.86. The molecule has 2 unspecified atom stereocenters. The summed E-state index contributed by atoms with van der Waals surface area (Å²) >= 11 is 0.